The average Bonchev–Trinajstić information content (AvgIpc) is 2.39. The van der Waals surface area contributed by atoms with Gasteiger partial charge in [0.2, 0.25) is 0 Å². The van der Waals surface area contributed by atoms with Gasteiger partial charge in [0, 0.05) is 0 Å². The molecule has 0 N–H and O–H groups in total. The highest BCUT2D eigenvalue weighted by atomic mass is 14.2. The molecule has 15 heavy (non-hydrogen) atoms. The summed E-state index contributed by atoms with van der Waals surface area (Å²) in [5.41, 5.74) is 5.33. The van der Waals surface area contributed by atoms with Crippen LogP contribution in [0.2, 0.25) is 0 Å². The molecule has 0 radical (unpaired) electrons. The Labute approximate surface area is 92.3 Å². The summed E-state index contributed by atoms with van der Waals surface area (Å²) in [6.07, 6.45) is 6.86. The van der Waals surface area contributed by atoms with E-state index in [9.17, 15) is 0 Å². The predicted molar refractivity (Wildman–Crippen MR) is 66.8 cm³/mol. The van der Waals surface area contributed by atoms with Gasteiger partial charge in [-0.3, -0.25) is 0 Å². The van der Waals surface area contributed by atoms with Crippen molar-refractivity contribution < 1.29 is 0 Å². The Morgan fingerprint density at radius 1 is 1.40 bits per heavy atom. The van der Waals surface area contributed by atoms with Crippen LogP contribution < -0.4 is 0 Å². The number of rotatable bonds is 1. The Balaban J connectivity index is 2.51. The highest BCUT2D eigenvalue weighted by Crippen LogP contribution is 2.29. The van der Waals surface area contributed by atoms with Crippen molar-refractivity contribution >= 4 is 5.57 Å². The normalized spacial score (nSPS) is 19.9. The number of hydrogen-bond donors (Lipinski definition) is 0. The van der Waals surface area contributed by atoms with Crippen LogP contribution in [-0.2, 0) is 6.42 Å². The lowest BCUT2D eigenvalue weighted by Crippen LogP contribution is -2.00. The molecule has 78 valence electrons. The molecule has 0 fully saturated rings. The van der Waals surface area contributed by atoms with Crippen LogP contribution in [0.3, 0.4) is 0 Å². The molecule has 0 aromatic heterocycles. The van der Waals surface area contributed by atoms with Crippen LogP contribution >= 0.6 is 0 Å². The second-order valence-electron chi connectivity index (χ2n) is 4.37. The fourth-order valence-corrected chi connectivity index (χ4v) is 2.32. The van der Waals surface area contributed by atoms with E-state index in [0.29, 0.717) is 5.92 Å². The third kappa shape index (κ3) is 1.90. The molecule has 0 spiro atoms. The largest absolute Gasteiger partial charge is 0.0912 e. The lowest BCUT2D eigenvalue weighted by Gasteiger charge is -2.12. The predicted octanol–water partition coefficient (Wildman–Crippen LogP) is 4.15. The molecule has 0 saturated carbocycles. The van der Waals surface area contributed by atoms with Crippen LogP contribution in [0.4, 0.5) is 0 Å². The van der Waals surface area contributed by atoms with Gasteiger partial charge in [-0.1, -0.05) is 43.9 Å². The first-order valence-corrected chi connectivity index (χ1v) is 5.68. The molecule has 0 saturated heterocycles. The van der Waals surface area contributed by atoms with Gasteiger partial charge < -0.3 is 0 Å². The van der Waals surface area contributed by atoms with Gasteiger partial charge >= 0.3 is 0 Å². The van der Waals surface area contributed by atoms with Crippen molar-refractivity contribution in [1.29, 1.82) is 0 Å². The van der Waals surface area contributed by atoms with Crippen LogP contribution in [0.1, 0.15) is 30.0 Å². The Morgan fingerprint density at radius 2 is 2.20 bits per heavy atom. The van der Waals surface area contributed by atoms with Crippen molar-refractivity contribution in [3.8, 4) is 0 Å². The van der Waals surface area contributed by atoms with Gasteiger partial charge in [0.15, 0.2) is 0 Å². The first-order valence-electron chi connectivity index (χ1n) is 5.68. The Bertz CT molecular complexity index is 410. The zero-order chi connectivity index (χ0) is 10.8. The van der Waals surface area contributed by atoms with Gasteiger partial charge in [-0.05, 0) is 47.9 Å². The van der Waals surface area contributed by atoms with Crippen molar-refractivity contribution in [3.05, 3.63) is 53.6 Å². The van der Waals surface area contributed by atoms with E-state index in [1.807, 2.05) is 0 Å². The summed E-state index contributed by atoms with van der Waals surface area (Å²) in [5, 5.41) is 0. The second-order valence-corrected chi connectivity index (χ2v) is 4.37. The smallest absolute Gasteiger partial charge is 0.0128 e. The first kappa shape index (κ1) is 10.2. The summed E-state index contributed by atoms with van der Waals surface area (Å²) >= 11 is 0. The Hall–Kier alpha value is -1.30. The van der Waals surface area contributed by atoms with Crippen LogP contribution in [0.15, 0.2) is 36.9 Å². The highest BCUT2D eigenvalue weighted by molar-refractivity contribution is 5.77. The molecular formula is C15H18. The monoisotopic (exact) mass is 198 g/mol. The second kappa shape index (κ2) is 4.06. The maximum absolute atomic E-state index is 4.16. The molecule has 0 amide bonds. The van der Waals surface area contributed by atoms with Crippen LogP contribution in [0, 0.1) is 12.8 Å². The van der Waals surface area contributed by atoms with Crippen molar-refractivity contribution in [3.63, 3.8) is 0 Å². The molecule has 2 rings (SSSR count). The summed E-state index contributed by atoms with van der Waals surface area (Å²) < 4.78 is 0. The topological polar surface area (TPSA) is 0 Å². The standard InChI is InChI=1S/C15H18/c1-4-13-9-8-12(3)15-11(2)6-5-7-14(15)10-13/h5-9,13H,3-4,10H2,1-2H3. The molecule has 1 aromatic rings. The third-order valence-corrected chi connectivity index (χ3v) is 3.26. The zero-order valence-corrected chi connectivity index (χ0v) is 9.59. The molecule has 1 aromatic carbocycles. The maximum atomic E-state index is 4.16. The van der Waals surface area contributed by atoms with Crippen molar-refractivity contribution in [1.82, 2.24) is 0 Å². The molecule has 1 unspecified atom stereocenters. The summed E-state index contributed by atoms with van der Waals surface area (Å²) in [5.74, 6) is 0.671. The highest BCUT2D eigenvalue weighted by Gasteiger charge is 2.14. The SMILES string of the molecule is C=C1C=CC(CC)Cc2cccc(C)c21. The fraction of sp³-hybridized carbons (Fsp3) is 0.333. The van der Waals surface area contributed by atoms with E-state index in [-0.39, 0.29) is 0 Å². The maximum Gasteiger partial charge on any atom is -0.0128 e. The molecule has 1 atom stereocenters. The minimum absolute atomic E-state index is 0.671. The number of allylic oxidation sites excluding steroid dienone is 3. The molecule has 0 nitrogen and oxygen atoms in total. The first-order chi connectivity index (χ1) is 7.22. The quantitative estimate of drug-likeness (QED) is 0.636. The molecule has 0 bridgehead atoms. The molecule has 1 aliphatic rings. The van der Waals surface area contributed by atoms with Crippen molar-refractivity contribution in [2.75, 3.05) is 0 Å². The van der Waals surface area contributed by atoms with E-state index in [0.717, 1.165) is 6.42 Å². The number of fused-ring (bicyclic) bond motifs is 1. The van der Waals surface area contributed by atoms with Gasteiger partial charge in [0.1, 0.15) is 0 Å². The molecule has 0 heteroatoms. The van der Waals surface area contributed by atoms with Gasteiger partial charge in [-0.25, -0.2) is 0 Å². The Kier molecular flexibility index (Phi) is 2.77. The Morgan fingerprint density at radius 3 is 2.93 bits per heavy atom. The fourth-order valence-electron chi connectivity index (χ4n) is 2.32. The van der Waals surface area contributed by atoms with Crippen molar-refractivity contribution in [2.24, 2.45) is 5.92 Å². The number of aryl methyl sites for hydroxylation is 1. The molecule has 1 aliphatic carbocycles. The van der Waals surface area contributed by atoms with Crippen LogP contribution in [0.5, 0.6) is 0 Å². The third-order valence-electron chi connectivity index (χ3n) is 3.26. The summed E-state index contributed by atoms with van der Waals surface area (Å²) in [7, 11) is 0. The lowest BCUT2D eigenvalue weighted by atomic mass is 9.92. The number of benzene rings is 1. The minimum Gasteiger partial charge on any atom is -0.0912 e. The lowest BCUT2D eigenvalue weighted by molar-refractivity contribution is 0.626. The van der Waals surface area contributed by atoms with E-state index in [1.54, 1.807) is 0 Å². The van der Waals surface area contributed by atoms with Gasteiger partial charge in [0.25, 0.3) is 0 Å². The van der Waals surface area contributed by atoms with Gasteiger partial charge in [-0.15, -0.1) is 0 Å². The summed E-state index contributed by atoms with van der Waals surface area (Å²) in [4.78, 5) is 0. The van der Waals surface area contributed by atoms with E-state index in [2.05, 4.69) is 50.8 Å². The van der Waals surface area contributed by atoms with E-state index >= 15 is 0 Å². The van der Waals surface area contributed by atoms with Gasteiger partial charge in [-0.2, -0.15) is 0 Å². The van der Waals surface area contributed by atoms with Crippen molar-refractivity contribution in [2.45, 2.75) is 26.7 Å². The molecular weight excluding hydrogens is 180 g/mol. The van der Waals surface area contributed by atoms with Crippen LogP contribution in [0.25, 0.3) is 5.57 Å². The van der Waals surface area contributed by atoms with E-state index in [1.165, 1.54) is 28.7 Å². The summed E-state index contributed by atoms with van der Waals surface area (Å²) in [6.45, 7) is 8.58. The minimum atomic E-state index is 0.671. The molecule has 0 heterocycles. The zero-order valence-electron chi connectivity index (χ0n) is 9.59. The number of hydrogen-bond acceptors (Lipinski definition) is 0. The van der Waals surface area contributed by atoms with Gasteiger partial charge in [0.05, 0.1) is 0 Å². The molecule has 0 aliphatic heterocycles. The van der Waals surface area contributed by atoms with E-state index in [4.69, 9.17) is 0 Å². The summed E-state index contributed by atoms with van der Waals surface area (Å²) in [6, 6.07) is 6.56. The average molecular weight is 198 g/mol. The van der Waals surface area contributed by atoms with Crippen LogP contribution in [-0.4, -0.2) is 0 Å². The van der Waals surface area contributed by atoms with E-state index < -0.39 is 0 Å².